The molecule has 0 bridgehead atoms. The van der Waals surface area contributed by atoms with Crippen LogP contribution in [0.15, 0.2) is 24.0 Å². The third-order valence-electron chi connectivity index (χ3n) is 5.20. The van der Waals surface area contributed by atoms with Crippen molar-refractivity contribution >= 4 is 6.16 Å². The molecule has 0 aromatic rings. The molecule has 1 fully saturated rings. The molecule has 5 atom stereocenters. The first-order valence-electron chi connectivity index (χ1n) is 8.37. The summed E-state index contributed by atoms with van der Waals surface area (Å²) in [5, 5.41) is 11.3. The number of fused-ring (bicyclic) bond motifs is 1. The molecule has 0 aromatic heterocycles. The lowest BCUT2D eigenvalue weighted by Crippen LogP contribution is -2.56. The molecule has 0 unspecified atom stereocenters. The van der Waals surface area contributed by atoms with E-state index in [0.29, 0.717) is 11.8 Å². The van der Waals surface area contributed by atoms with Gasteiger partial charge in [-0.1, -0.05) is 33.4 Å². The van der Waals surface area contributed by atoms with E-state index in [2.05, 4.69) is 32.9 Å². The Bertz CT molecular complexity index is 507. The van der Waals surface area contributed by atoms with Crippen LogP contribution in [-0.2, 0) is 9.47 Å². The average Bonchev–Trinajstić information content (AvgIpc) is 2.41. The van der Waals surface area contributed by atoms with E-state index in [9.17, 15) is 9.90 Å². The highest BCUT2D eigenvalue weighted by molar-refractivity contribution is 5.62. The van der Waals surface area contributed by atoms with Gasteiger partial charge < -0.3 is 14.6 Å². The van der Waals surface area contributed by atoms with Crippen LogP contribution in [0.4, 0.5) is 4.79 Å². The second kappa shape index (κ2) is 6.68. The summed E-state index contributed by atoms with van der Waals surface area (Å²) < 4.78 is 10.2. The Kier molecular flexibility index (Phi) is 5.24. The molecule has 1 N–H and O–H groups in total. The highest BCUT2D eigenvalue weighted by Crippen LogP contribution is 2.50. The quantitative estimate of drug-likeness (QED) is 0.482. The van der Waals surface area contributed by atoms with E-state index in [0.717, 1.165) is 18.4 Å². The zero-order chi connectivity index (χ0) is 17.4. The van der Waals surface area contributed by atoms with Gasteiger partial charge in [0.25, 0.3) is 0 Å². The Hall–Kier alpha value is -1.29. The van der Waals surface area contributed by atoms with Gasteiger partial charge in [-0.15, -0.1) is 0 Å². The molecule has 128 valence electrons. The van der Waals surface area contributed by atoms with E-state index in [1.807, 2.05) is 13.8 Å². The number of carbonyl (C=O) groups excluding carboxylic acids is 1. The Balaban J connectivity index is 2.23. The molecular weight excluding hydrogens is 292 g/mol. The topological polar surface area (TPSA) is 55.8 Å². The van der Waals surface area contributed by atoms with Gasteiger partial charge in [-0.25, -0.2) is 4.79 Å². The predicted molar refractivity (Wildman–Crippen MR) is 88.3 cm³/mol. The Morgan fingerprint density at radius 3 is 2.70 bits per heavy atom. The van der Waals surface area contributed by atoms with Crippen molar-refractivity contribution in [3.05, 3.63) is 30.4 Å². The van der Waals surface area contributed by atoms with E-state index < -0.39 is 17.9 Å². The monoisotopic (exact) mass is 320 g/mol. The van der Waals surface area contributed by atoms with Crippen LogP contribution in [0.5, 0.6) is 0 Å². The lowest BCUT2D eigenvalue weighted by molar-refractivity contribution is -0.0951. The maximum atomic E-state index is 11.7. The number of carbonyl (C=O) groups is 1. The molecule has 0 spiro atoms. The molecule has 4 heteroatoms. The first-order chi connectivity index (χ1) is 10.6. The van der Waals surface area contributed by atoms with Crippen molar-refractivity contribution in [3.63, 3.8) is 0 Å². The number of aliphatic hydroxyl groups is 1. The largest absolute Gasteiger partial charge is 0.514 e. The van der Waals surface area contributed by atoms with E-state index >= 15 is 0 Å². The third-order valence-corrected chi connectivity index (χ3v) is 5.20. The molecule has 2 aliphatic carbocycles. The van der Waals surface area contributed by atoms with Gasteiger partial charge in [0.05, 0.1) is 12.0 Å². The van der Waals surface area contributed by atoms with Crippen LogP contribution in [0.2, 0.25) is 0 Å². The lowest BCUT2D eigenvalue weighted by Gasteiger charge is -2.52. The number of rotatable bonds is 3. The van der Waals surface area contributed by atoms with E-state index in [4.69, 9.17) is 9.47 Å². The van der Waals surface area contributed by atoms with Crippen LogP contribution >= 0.6 is 0 Å². The van der Waals surface area contributed by atoms with Gasteiger partial charge in [-0.05, 0) is 50.0 Å². The zero-order valence-electron chi connectivity index (χ0n) is 14.8. The van der Waals surface area contributed by atoms with E-state index in [1.54, 1.807) is 6.92 Å². The number of hydrogen-bond acceptors (Lipinski definition) is 4. The summed E-state index contributed by atoms with van der Waals surface area (Å²) in [6.07, 6.45) is 5.77. The molecule has 1 saturated carbocycles. The summed E-state index contributed by atoms with van der Waals surface area (Å²) in [7, 11) is 0. The maximum absolute atomic E-state index is 11.7. The molecule has 2 aliphatic rings. The van der Waals surface area contributed by atoms with Gasteiger partial charge in [-0.3, -0.25) is 0 Å². The van der Waals surface area contributed by atoms with Gasteiger partial charge in [0.1, 0.15) is 11.9 Å². The molecule has 2 radical (unpaired) electrons. The van der Waals surface area contributed by atoms with Gasteiger partial charge in [0, 0.05) is 5.92 Å². The summed E-state index contributed by atoms with van der Waals surface area (Å²) in [6, 6.07) is 0. The van der Waals surface area contributed by atoms with Crippen LogP contribution in [-0.4, -0.2) is 23.0 Å². The van der Waals surface area contributed by atoms with Crippen molar-refractivity contribution < 1.29 is 19.4 Å². The second-order valence-corrected chi connectivity index (χ2v) is 7.34. The maximum Gasteiger partial charge on any atom is 0.514 e. The zero-order valence-corrected chi connectivity index (χ0v) is 14.8. The Labute approximate surface area is 139 Å². The fourth-order valence-electron chi connectivity index (χ4n) is 3.81. The summed E-state index contributed by atoms with van der Waals surface area (Å²) >= 11 is 0. The fraction of sp³-hybridized carbons (Fsp3) is 0.684. The van der Waals surface area contributed by atoms with Crippen molar-refractivity contribution in [1.29, 1.82) is 0 Å². The van der Waals surface area contributed by atoms with E-state index in [1.165, 1.54) is 0 Å². The van der Waals surface area contributed by atoms with Gasteiger partial charge >= 0.3 is 6.16 Å². The van der Waals surface area contributed by atoms with Crippen LogP contribution in [0.3, 0.4) is 0 Å². The molecule has 0 amide bonds. The first-order valence-corrected chi connectivity index (χ1v) is 8.37. The summed E-state index contributed by atoms with van der Waals surface area (Å²) in [5.74, 6) is 1.26. The van der Waals surface area contributed by atoms with Crippen LogP contribution in [0.25, 0.3) is 0 Å². The van der Waals surface area contributed by atoms with Crippen molar-refractivity contribution in [1.82, 2.24) is 0 Å². The van der Waals surface area contributed by atoms with E-state index in [-0.39, 0.29) is 17.6 Å². The fourth-order valence-corrected chi connectivity index (χ4v) is 3.81. The molecule has 0 saturated heterocycles. The highest BCUT2D eigenvalue weighted by Gasteiger charge is 2.53. The minimum absolute atomic E-state index is 0.0169. The third kappa shape index (κ3) is 3.63. The molecule has 2 rings (SSSR count). The Morgan fingerprint density at radius 2 is 2.13 bits per heavy atom. The normalized spacial score (nSPS) is 36.9. The molecule has 0 heterocycles. The van der Waals surface area contributed by atoms with Crippen molar-refractivity contribution in [2.75, 3.05) is 0 Å². The van der Waals surface area contributed by atoms with Gasteiger partial charge in [-0.2, -0.15) is 0 Å². The summed E-state index contributed by atoms with van der Waals surface area (Å²) in [4.78, 5) is 11.7. The first kappa shape index (κ1) is 18.1. The van der Waals surface area contributed by atoms with Crippen LogP contribution in [0.1, 0.15) is 47.5 Å². The van der Waals surface area contributed by atoms with Crippen LogP contribution < -0.4 is 0 Å². The van der Waals surface area contributed by atoms with Crippen molar-refractivity contribution in [2.45, 2.75) is 59.2 Å². The van der Waals surface area contributed by atoms with Crippen molar-refractivity contribution in [3.8, 4) is 0 Å². The molecular formula is C19H28O4. The van der Waals surface area contributed by atoms with Crippen molar-refractivity contribution in [2.24, 2.45) is 23.7 Å². The lowest BCUT2D eigenvalue weighted by atomic mass is 9.57. The average molecular weight is 320 g/mol. The SMILES string of the molecule is C=C(C)OC(=O)O[C@@H]1[C][C@@]2(O)[C@H](C)CC[C@@H](C(C)C)[C@H]2C=C1C. The molecule has 0 aliphatic heterocycles. The smallest absolute Gasteiger partial charge is 0.425 e. The molecule has 0 aromatic carbocycles. The summed E-state index contributed by atoms with van der Waals surface area (Å²) in [5.41, 5.74) is -0.181. The number of allylic oxidation sites excluding steroid dienone is 1. The van der Waals surface area contributed by atoms with Crippen LogP contribution in [0, 0.1) is 30.1 Å². The molecule has 23 heavy (non-hydrogen) atoms. The Morgan fingerprint density at radius 1 is 1.48 bits per heavy atom. The standard InChI is InChI=1S/C19H28O4/c1-11(2)15-8-7-14(6)19(21)10-17(13(5)9-16(15)19)23-18(20)22-12(3)4/h9,11,14-17,21H,3,7-8H2,1-2,4-6H3/t14-,15+,16-,17-,19-/m1/s1. The second-order valence-electron chi connectivity index (χ2n) is 7.34. The minimum Gasteiger partial charge on any atom is -0.425 e. The van der Waals surface area contributed by atoms with Gasteiger partial charge in [0.2, 0.25) is 0 Å². The van der Waals surface area contributed by atoms with Gasteiger partial charge in [0.15, 0.2) is 0 Å². The summed E-state index contributed by atoms with van der Waals surface area (Å²) in [6.45, 7) is 13.4. The molecule has 4 nitrogen and oxygen atoms in total. The number of hydrogen-bond donors (Lipinski definition) is 1. The number of ether oxygens (including phenoxy) is 2. The minimum atomic E-state index is -1.07. The predicted octanol–water partition coefficient (Wildman–Crippen LogP) is 4.13. The highest BCUT2D eigenvalue weighted by atomic mass is 16.7.